The Kier molecular flexibility index (Phi) is 4.66. The first kappa shape index (κ1) is 10.9. The van der Waals surface area contributed by atoms with Crippen LogP contribution < -0.4 is 5.73 Å². The number of hydrogen-bond acceptors (Lipinski definition) is 4. The van der Waals surface area contributed by atoms with Gasteiger partial charge in [0.1, 0.15) is 0 Å². The third-order valence-corrected chi connectivity index (χ3v) is 2.42. The van der Waals surface area contributed by atoms with Crippen LogP contribution in [0.2, 0.25) is 0 Å². The summed E-state index contributed by atoms with van der Waals surface area (Å²) in [7, 11) is 1.74. The van der Waals surface area contributed by atoms with Gasteiger partial charge in [-0.3, -0.25) is 4.90 Å². The molecule has 0 saturated carbocycles. The van der Waals surface area contributed by atoms with Gasteiger partial charge < -0.3 is 15.2 Å². The van der Waals surface area contributed by atoms with Gasteiger partial charge in [-0.05, 0) is 6.92 Å². The topological polar surface area (TPSA) is 47.7 Å². The summed E-state index contributed by atoms with van der Waals surface area (Å²) in [6, 6.07) is 0. The highest BCUT2D eigenvalue weighted by Gasteiger charge is 2.32. The number of nitrogens with zero attached hydrogens (tertiary/aromatic N) is 1. The fraction of sp³-hybridized carbons (Fsp3) is 1.00. The van der Waals surface area contributed by atoms with Crippen molar-refractivity contribution in [1.29, 1.82) is 0 Å². The maximum absolute atomic E-state index is 5.58. The molecule has 1 saturated heterocycles. The van der Waals surface area contributed by atoms with Gasteiger partial charge in [0.25, 0.3) is 0 Å². The summed E-state index contributed by atoms with van der Waals surface area (Å²) in [5, 5.41) is 0. The van der Waals surface area contributed by atoms with Crippen molar-refractivity contribution < 1.29 is 9.47 Å². The van der Waals surface area contributed by atoms with Gasteiger partial charge in [0.15, 0.2) is 0 Å². The molecule has 78 valence electrons. The van der Waals surface area contributed by atoms with Crippen molar-refractivity contribution in [2.45, 2.75) is 19.1 Å². The molecule has 1 rings (SSSR count). The number of rotatable bonds is 5. The summed E-state index contributed by atoms with van der Waals surface area (Å²) < 4.78 is 10.9. The van der Waals surface area contributed by atoms with Gasteiger partial charge in [-0.15, -0.1) is 0 Å². The molecule has 0 aromatic carbocycles. The Morgan fingerprint density at radius 1 is 1.38 bits per heavy atom. The SMILES string of the molecule is CCO[C@@H]1CN(CCN)C[C@H]1OC. The Hall–Kier alpha value is -0.160. The molecule has 4 nitrogen and oxygen atoms in total. The van der Waals surface area contributed by atoms with Crippen molar-refractivity contribution in [3.63, 3.8) is 0 Å². The first-order chi connectivity index (χ1) is 6.31. The molecule has 0 aromatic rings. The molecule has 1 aliphatic heterocycles. The monoisotopic (exact) mass is 188 g/mol. The van der Waals surface area contributed by atoms with Gasteiger partial charge >= 0.3 is 0 Å². The van der Waals surface area contributed by atoms with Gasteiger partial charge in [-0.25, -0.2) is 0 Å². The quantitative estimate of drug-likeness (QED) is 0.642. The molecule has 0 bridgehead atoms. The van der Waals surface area contributed by atoms with E-state index in [-0.39, 0.29) is 12.2 Å². The molecule has 13 heavy (non-hydrogen) atoms. The molecule has 4 heteroatoms. The lowest BCUT2D eigenvalue weighted by Crippen LogP contribution is -2.28. The van der Waals surface area contributed by atoms with E-state index in [1.54, 1.807) is 7.11 Å². The van der Waals surface area contributed by atoms with Gasteiger partial charge in [0, 0.05) is 39.9 Å². The minimum atomic E-state index is 0.214. The van der Waals surface area contributed by atoms with E-state index in [0.29, 0.717) is 6.54 Å². The molecule has 0 radical (unpaired) electrons. The van der Waals surface area contributed by atoms with Crippen molar-refractivity contribution >= 4 is 0 Å². The first-order valence-corrected chi connectivity index (χ1v) is 4.88. The fourth-order valence-corrected chi connectivity index (χ4v) is 1.78. The molecule has 0 spiro atoms. The van der Waals surface area contributed by atoms with Crippen LogP contribution >= 0.6 is 0 Å². The van der Waals surface area contributed by atoms with E-state index in [4.69, 9.17) is 15.2 Å². The predicted molar refractivity (Wildman–Crippen MR) is 51.7 cm³/mol. The van der Waals surface area contributed by atoms with E-state index < -0.39 is 0 Å². The zero-order valence-electron chi connectivity index (χ0n) is 8.53. The van der Waals surface area contributed by atoms with Crippen molar-refractivity contribution in [2.75, 3.05) is 39.9 Å². The van der Waals surface area contributed by atoms with Crippen LogP contribution in [0.5, 0.6) is 0 Å². The van der Waals surface area contributed by atoms with Crippen LogP contribution in [0.3, 0.4) is 0 Å². The summed E-state index contributed by atoms with van der Waals surface area (Å²) in [4.78, 5) is 2.29. The van der Waals surface area contributed by atoms with Crippen molar-refractivity contribution in [3.05, 3.63) is 0 Å². The number of ether oxygens (including phenoxy) is 2. The summed E-state index contributed by atoms with van der Waals surface area (Å²) >= 11 is 0. The average molecular weight is 188 g/mol. The molecular formula is C9H20N2O2. The number of hydrogen-bond donors (Lipinski definition) is 1. The van der Waals surface area contributed by atoms with Crippen molar-refractivity contribution in [3.8, 4) is 0 Å². The van der Waals surface area contributed by atoms with Crippen LogP contribution in [0.1, 0.15) is 6.92 Å². The Labute approximate surface area is 80.0 Å². The Bertz CT molecular complexity index is 144. The van der Waals surface area contributed by atoms with E-state index >= 15 is 0 Å². The van der Waals surface area contributed by atoms with Gasteiger partial charge in [0.05, 0.1) is 12.2 Å². The van der Waals surface area contributed by atoms with Gasteiger partial charge in [-0.2, -0.15) is 0 Å². The van der Waals surface area contributed by atoms with Crippen molar-refractivity contribution in [2.24, 2.45) is 5.73 Å². The lowest BCUT2D eigenvalue weighted by Gasteiger charge is -2.16. The third kappa shape index (κ3) is 2.91. The van der Waals surface area contributed by atoms with Crippen LogP contribution in [0.4, 0.5) is 0 Å². The normalized spacial score (nSPS) is 29.8. The average Bonchev–Trinajstić information content (AvgIpc) is 2.49. The van der Waals surface area contributed by atoms with Gasteiger partial charge in [-0.1, -0.05) is 0 Å². The lowest BCUT2D eigenvalue weighted by molar-refractivity contribution is -0.0233. The highest BCUT2D eigenvalue weighted by molar-refractivity contribution is 4.85. The molecule has 0 amide bonds. The zero-order chi connectivity index (χ0) is 9.68. The van der Waals surface area contributed by atoms with Crippen LogP contribution in [0, 0.1) is 0 Å². The van der Waals surface area contributed by atoms with Gasteiger partial charge in [0.2, 0.25) is 0 Å². The first-order valence-electron chi connectivity index (χ1n) is 4.88. The maximum atomic E-state index is 5.58. The predicted octanol–water partition coefficient (Wildman–Crippen LogP) is -0.319. The second-order valence-electron chi connectivity index (χ2n) is 3.32. The van der Waals surface area contributed by atoms with Crippen LogP contribution in [-0.2, 0) is 9.47 Å². The molecular weight excluding hydrogens is 168 g/mol. The molecule has 1 fully saturated rings. The van der Waals surface area contributed by atoms with E-state index in [1.165, 1.54) is 0 Å². The van der Waals surface area contributed by atoms with Crippen LogP contribution in [-0.4, -0.2) is 57.0 Å². The summed E-state index contributed by atoms with van der Waals surface area (Å²) in [6.07, 6.45) is 0.438. The molecule has 1 aliphatic rings. The summed E-state index contributed by atoms with van der Waals surface area (Å²) in [5.41, 5.74) is 5.49. The minimum absolute atomic E-state index is 0.214. The fourth-order valence-electron chi connectivity index (χ4n) is 1.78. The molecule has 1 heterocycles. The Balaban J connectivity index is 2.36. The largest absolute Gasteiger partial charge is 0.377 e. The molecule has 0 aliphatic carbocycles. The molecule has 2 atom stereocenters. The second kappa shape index (κ2) is 5.54. The standard InChI is InChI=1S/C9H20N2O2/c1-3-13-9-7-11(5-4-10)6-8(9)12-2/h8-9H,3-7,10H2,1-2H3/t8-,9-/m1/s1. The Morgan fingerprint density at radius 2 is 2.08 bits per heavy atom. The molecule has 0 unspecified atom stereocenters. The minimum Gasteiger partial charge on any atom is -0.377 e. The van der Waals surface area contributed by atoms with Crippen LogP contribution in [0.15, 0.2) is 0 Å². The van der Waals surface area contributed by atoms with E-state index in [2.05, 4.69) is 4.90 Å². The zero-order valence-corrected chi connectivity index (χ0v) is 8.53. The van der Waals surface area contributed by atoms with Crippen molar-refractivity contribution in [1.82, 2.24) is 4.90 Å². The lowest BCUT2D eigenvalue weighted by atomic mass is 10.2. The van der Waals surface area contributed by atoms with E-state index in [0.717, 1.165) is 26.2 Å². The van der Waals surface area contributed by atoms with E-state index in [9.17, 15) is 0 Å². The Morgan fingerprint density at radius 3 is 2.62 bits per heavy atom. The van der Waals surface area contributed by atoms with Crippen LogP contribution in [0.25, 0.3) is 0 Å². The third-order valence-electron chi connectivity index (χ3n) is 2.42. The second-order valence-corrected chi connectivity index (χ2v) is 3.32. The highest BCUT2D eigenvalue weighted by atomic mass is 16.5. The molecule has 0 aromatic heterocycles. The van der Waals surface area contributed by atoms with E-state index in [1.807, 2.05) is 6.92 Å². The highest BCUT2D eigenvalue weighted by Crippen LogP contribution is 2.15. The molecule has 2 N–H and O–H groups in total. The smallest absolute Gasteiger partial charge is 0.0975 e. The number of likely N-dealkylation sites (tertiary alicyclic amines) is 1. The number of methoxy groups -OCH3 is 1. The summed E-state index contributed by atoms with van der Waals surface area (Å²) in [5.74, 6) is 0. The number of nitrogens with two attached hydrogens (primary N) is 1. The summed E-state index contributed by atoms with van der Waals surface area (Å²) in [6.45, 7) is 6.29. The maximum Gasteiger partial charge on any atom is 0.0975 e.